The van der Waals surface area contributed by atoms with Crippen LogP contribution in [0.1, 0.15) is 23.7 Å². The van der Waals surface area contributed by atoms with Gasteiger partial charge in [-0.25, -0.2) is 0 Å². The molecule has 1 fully saturated rings. The fourth-order valence-electron chi connectivity index (χ4n) is 3.45. The lowest BCUT2D eigenvalue weighted by atomic mass is 9.82. The second-order valence-electron chi connectivity index (χ2n) is 6.29. The number of hydrogen-bond donors (Lipinski definition) is 0. The molecule has 4 rings (SSSR count). The first-order valence-corrected chi connectivity index (χ1v) is 9.75. The summed E-state index contributed by atoms with van der Waals surface area (Å²) in [5.41, 5.74) is 3.03. The largest absolute Gasteiger partial charge is 0.368 e. The number of hydrogen-bond acceptors (Lipinski definition) is 3. The highest BCUT2D eigenvalue weighted by Crippen LogP contribution is 2.41. The Balaban J connectivity index is 1.83. The molecule has 6 heteroatoms. The zero-order valence-electron chi connectivity index (χ0n) is 13.4. The standard InChI is InChI=1S/C19H16ClNO3S/c1-12-9-16(19(24-11-12)13-5-4-6-14(20)10-13)18-15-7-2-3-8-17(15)25(22,23)21-18/h2-8,10,16,19H,1,9,11H2/t16-,19-/m1/s1. The van der Waals surface area contributed by atoms with Crippen molar-refractivity contribution in [3.05, 3.63) is 76.8 Å². The molecule has 0 N–H and O–H groups in total. The van der Waals surface area contributed by atoms with Crippen molar-refractivity contribution >= 4 is 27.3 Å². The molecule has 25 heavy (non-hydrogen) atoms. The maximum absolute atomic E-state index is 12.4. The number of rotatable bonds is 2. The molecule has 2 aromatic carbocycles. The average Bonchev–Trinajstić information content (AvgIpc) is 2.87. The predicted octanol–water partition coefficient (Wildman–Crippen LogP) is 4.17. The van der Waals surface area contributed by atoms with Gasteiger partial charge in [0.2, 0.25) is 0 Å². The quantitative estimate of drug-likeness (QED) is 0.742. The van der Waals surface area contributed by atoms with Crippen molar-refractivity contribution in [2.75, 3.05) is 6.61 Å². The fraction of sp³-hybridized carbons (Fsp3) is 0.211. The van der Waals surface area contributed by atoms with Gasteiger partial charge in [0.25, 0.3) is 10.0 Å². The van der Waals surface area contributed by atoms with Crippen LogP contribution in [-0.4, -0.2) is 20.7 Å². The van der Waals surface area contributed by atoms with Gasteiger partial charge in [-0.2, -0.15) is 12.8 Å². The SMILES string of the molecule is C=C1CO[C@H](c2cccc(Cl)c2)[C@@H](C2=NS(=O)(=O)c3ccccc32)C1. The van der Waals surface area contributed by atoms with E-state index in [0.717, 1.165) is 11.1 Å². The minimum Gasteiger partial charge on any atom is -0.368 e. The van der Waals surface area contributed by atoms with Gasteiger partial charge in [0, 0.05) is 16.5 Å². The predicted molar refractivity (Wildman–Crippen MR) is 97.6 cm³/mol. The van der Waals surface area contributed by atoms with Crippen LogP contribution >= 0.6 is 11.6 Å². The molecule has 0 amide bonds. The molecule has 0 aliphatic carbocycles. The molecular formula is C19H16ClNO3S. The van der Waals surface area contributed by atoms with Gasteiger partial charge in [0.05, 0.1) is 23.3 Å². The second-order valence-corrected chi connectivity index (χ2v) is 8.30. The van der Waals surface area contributed by atoms with E-state index in [1.54, 1.807) is 24.3 Å². The van der Waals surface area contributed by atoms with Crippen molar-refractivity contribution in [3.63, 3.8) is 0 Å². The molecule has 0 bridgehead atoms. The smallest absolute Gasteiger partial charge is 0.283 e. The maximum atomic E-state index is 12.4. The highest BCUT2D eigenvalue weighted by Gasteiger charge is 2.39. The number of benzene rings is 2. The Bertz CT molecular complexity index is 997. The topological polar surface area (TPSA) is 55.7 Å². The third-order valence-corrected chi connectivity index (χ3v) is 6.11. The Labute approximate surface area is 151 Å². The van der Waals surface area contributed by atoms with Gasteiger partial charge in [-0.1, -0.05) is 54.1 Å². The van der Waals surface area contributed by atoms with E-state index in [1.165, 1.54) is 0 Å². The van der Waals surface area contributed by atoms with Gasteiger partial charge in [0.15, 0.2) is 0 Å². The van der Waals surface area contributed by atoms with Gasteiger partial charge in [-0.15, -0.1) is 0 Å². The van der Waals surface area contributed by atoms with Gasteiger partial charge in [-0.3, -0.25) is 0 Å². The second kappa shape index (κ2) is 6.09. The number of nitrogens with zero attached hydrogens (tertiary/aromatic N) is 1. The molecule has 2 heterocycles. The zero-order valence-corrected chi connectivity index (χ0v) is 14.9. The maximum Gasteiger partial charge on any atom is 0.283 e. The monoisotopic (exact) mass is 373 g/mol. The van der Waals surface area contributed by atoms with E-state index in [0.29, 0.717) is 29.3 Å². The van der Waals surface area contributed by atoms with Gasteiger partial charge in [-0.05, 0) is 30.2 Å². The summed E-state index contributed by atoms with van der Waals surface area (Å²) in [4.78, 5) is 0.256. The van der Waals surface area contributed by atoms with Crippen molar-refractivity contribution in [3.8, 4) is 0 Å². The Hall–Kier alpha value is -1.95. The molecule has 1 saturated heterocycles. The highest BCUT2D eigenvalue weighted by atomic mass is 35.5. The summed E-state index contributed by atoms with van der Waals surface area (Å²) in [7, 11) is -3.66. The number of ether oxygens (including phenoxy) is 1. The molecule has 0 radical (unpaired) electrons. The lowest BCUT2D eigenvalue weighted by Crippen LogP contribution is -2.30. The number of fused-ring (bicyclic) bond motifs is 1. The summed E-state index contributed by atoms with van der Waals surface area (Å²) >= 11 is 6.13. The van der Waals surface area contributed by atoms with Crippen molar-refractivity contribution in [2.24, 2.45) is 10.3 Å². The first kappa shape index (κ1) is 16.5. The van der Waals surface area contributed by atoms with Crippen LogP contribution in [0.25, 0.3) is 0 Å². The van der Waals surface area contributed by atoms with Crippen molar-refractivity contribution in [1.29, 1.82) is 0 Å². The minimum atomic E-state index is -3.66. The van der Waals surface area contributed by atoms with Crippen molar-refractivity contribution in [2.45, 2.75) is 17.4 Å². The Morgan fingerprint density at radius 1 is 1.16 bits per heavy atom. The van der Waals surface area contributed by atoms with Crippen LogP contribution < -0.4 is 0 Å². The van der Waals surface area contributed by atoms with E-state index in [2.05, 4.69) is 11.0 Å². The summed E-state index contributed by atoms with van der Waals surface area (Å²) in [5, 5.41) is 0.616. The molecule has 2 aliphatic heterocycles. The Kier molecular flexibility index (Phi) is 4.02. The third-order valence-electron chi connectivity index (χ3n) is 4.53. The Morgan fingerprint density at radius 3 is 2.76 bits per heavy atom. The van der Waals surface area contributed by atoms with Crippen molar-refractivity contribution in [1.82, 2.24) is 0 Å². The van der Waals surface area contributed by atoms with Crippen LogP contribution in [0.4, 0.5) is 0 Å². The molecule has 0 saturated carbocycles. The molecule has 4 nitrogen and oxygen atoms in total. The summed E-state index contributed by atoms with van der Waals surface area (Å²) in [6.45, 7) is 4.46. The van der Waals surface area contributed by atoms with Crippen LogP contribution in [0.15, 0.2) is 70.0 Å². The van der Waals surface area contributed by atoms with Gasteiger partial charge in [0.1, 0.15) is 0 Å². The molecule has 2 atom stereocenters. The number of halogens is 1. The zero-order chi connectivity index (χ0) is 17.6. The summed E-state index contributed by atoms with van der Waals surface area (Å²) < 4.78 is 34.9. The van der Waals surface area contributed by atoms with Crippen LogP contribution in [0.2, 0.25) is 5.02 Å². The van der Waals surface area contributed by atoms with E-state index in [9.17, 15) is 8.42 Å². The first-order chi connectivity index (χ1) is 12.0. The normalized spacial score (nSPS) is 24.7. The third kappa shape index (κ3) is 2.92. The number of sulfonamides is 1. The van der Waals surface area contributed by atoms with E-state index in [1.807, 2.05) is 24.3 Å². The molecular weight excluding hydrogens is 358 g/mol. The van der Waals surface area contributed by atoms with Crippen LogP contribution in [-0.2, 0) is 14.8 Å². The Morgan fingerprint density at radius 2 is 1.96 bits per heavy atom. The van der Waals surface area contributed by atoms with Crippen LogP contribution in [0, 0.1) is 5.92 Å². The van der Waals surface area contributed by atoms with E-state index < -0.39 is 10.0 Å². The van der Waals surface area contributed by atoms with Gasteiger partial charge < -0.3 is 4.74 Å². The lowest BCUT2D eigenvalue weighted by molar-refractivity contribution is 0.0210. The van der Waals surface area contributed by atoms with Crippen molar-refractivity contribution < 1.29 is 13.2 Å². The first-order valence-electron chi connectivity index (χ1n) is 7.94. The highest BCUT2D eigenvalue weighted by molar-refractivity contribution is 7.90. The summed E-state index contributed by atoms with van der Waals surface area (Å²) in [6, 6.07) is 14.4. The molecule has 128 valence electrons. The molecule has 0 aromatic heterocycles. The fourth-order valence-corrected chi connectivity index (χ4v) is 4.94. The minimum absolute atomic E-state index is 0.224. The van der Waals surface area contributed by atoms with E-state index in [-0.39, 0.29) is 16.9 Å². The molecule has 0 unspecified atom stereocenters. The van der Waals surface area contributed by atoms with Gasteiger partial charge >= 0.3 is 0 Å². The molecule has 2 aromatic rings. The van der Waals surface area contributed by atoms with Crippen LogP contribution in [0.5, 0.6) is 0 Å². The summed E-state index contributed by atoms with van der Waals surface area (Å²) in [6.07, 6.45) is 0.309. The molecule has 2 aliphatic rings. The van der Waals surface area contributed by atoms with E-state index >= 15 is 0 Å². The van der Waals surface area contributed by atoms with E-state index in [4.69, 9.17) is 16.3 Å². The summed E-state index contributed by atoms with van der Waals surface area (Å²) in [5.74, 6) is -0.224. The molecule has 0 spiro atoms. The average molecular weight is 374 g/mol. The lowest BCUT2D eigenvalue weighted by Gasteiger charge is -2.33. The van der Waals surface area contributed by atoms with Crippen LogP contribution in [0.3, 0.4) is 0 Å².